The Labute approximate surface area is 73.0 Å². The van der Waals surface area contributed by atoms with Gasteiger partial charge in [-0.15, -0.1) is 0 Å². The Morgan fingerprint density at radius 2 is 2.08 bits per heavy atom. The second-order valence-electron chi connectivity index (χ2n) is 4.91. The molecule has 0 aliphatic heterocycles. The van der Waals surface area contributed by atoms with Crippen molar-refractivity contribution < 1.29 is 9.90 Å². The molecule has 68 valence electrons. The third-order valence-corrected chi connectivity index (χ3v) is 4.75. The van der Waals surface area contributed by atoms with Crippen molar-refractivity contribution in [2.45, 2.75) is 33.6 Å². The van der Waals surface area contributed by atoms with Gasteiger partial charge in [0.1, 0.15) is 0 Å². The quantitative estimate of drug-likeness (QED) is 0.651. The Hall–Kier alpha value is -0.530. The smallest absolute Gasteiger partial charge is 0.307 e. The molecule has 0 saturated heterocycles. The van der Waals surface area contributed by atoms with Crippen LogP contribution in [0.15, 0.2) is 0 Å². The Balaban J connectivity index is 2.32. The lowest BCUT2D eigenvalue weighted by atomic mass is 9.90. The van der Waals surface area contributed by atoms with E-state index in [0.717, 1.165) is 6.42 Å². The normalized spacial score (nSPS) is 56.6. The van der Waals surface area contributed by atoms with Crippen molar-refractivity contribution in [1.82, 2.24) is 0 Å². The lowest BCUT2D eigenvalue weighted by molar-refractivity contribution is -0.140. The highest BCUT2D eigenvalue weighted by Crippen LogP contribution is 2.79. The molecule has 0 aromatic carbocycles. The van der Waals surface area contributed by atoms with Gasteiger partial charge in [0.05, 0.1) is 5.92 Å². The molecular weight excluding hydrogens is 152 g/mol. The Morgan fingerprint density at radius 3 is 2.33 bits per heavy atom. The van der Waals surface area contributed by atoms with E-state index in [9.17, 15) is 4.79 Å². The van der Waals surface area contributed by atoms with Crippen molar-refractivity contribution in [3.63, 3.8) is 0 Å². The summed E-state index contributed by atoms with van der Waals surface area (Å²) in [6.45, 7) is 6.47. The van der Waals surface area contributed by atoms with Crippen LogP contribution in [0, 0.1) is 22.7 Å². The van der Waals surface area contributed by atoms with E-state index in [-0.39, 0.29) is 16.7 Å². The second-order valence-corrected chi connectivity index (χ2v) is 4.91. The molecule has 0 spiro atoms. The molecule has 2 rings (SSSR count). The van der Waals surface area contributed by atoms with Gasteiger partial charge in [0.2, 0.25) is 0 Å². The summed E-state index contributed by atoms with van der Waals surface area (Å²) in [6.07, 6.45) is 2.30. The molecule has 0 aromatic heterocycles. The van der Waals surface area contributed by atoms with Crippen LogP contribution in [-0.4, -0.2) is 11.1 Å². The monoisotopic (exact) mass is 168 g/mol. The number of fused-ring (bicyclic) bond motifs is 1. The highest BCUT2D eigenvalue weighted by molar-refractivity contribution is 5.77. The molecule has 1 N–H and O–H groups in total. The second kappa shape index (κ2) is 1.86. The van der Waals surface area contributed by atoms with Gasteiger partial charge in [-0.05, 0) is 29.6 Å². The van der Waals surface area contributed by atoms with E-state index in [1.807, 2.05) is 0 Å². The summed E-state index contributed by atoms with van der Waals surface area (Å²) in [7, 11) is 0. The van der Waals surface area contributed by atoms with Crippen molar-refractivity contribution >= 4 is 5.97 Å². The maximum Gasteiger partial charge on any atom is 0.307 e. The third kappa shape index (κ3) is 0.572. The van der Waals surface area contributed by atoms with E-state index >= 15 is 0 Å². The maximum atomic E-state index is 10.9. The molecular formula is C10H16O2. The molecule has 2 aliphatic rings. The summed E-state index contributed by atoms with van der Waals surface area (Å²) in [5, 5.41) is 9.01. The molecule has 0 heterocycles. The van der Waals surface area contributed by atoms with Gasteiger partial charge in [0.25, 0.3) is 0 Å². The molecule has 2 heteroatoms. The summed E-state index contributed by atoms with van der Waals surface area (Å²) < 4.78 is 0. The fraction of sp³-hybridized carbons (Fsp3) is 0.900. The molecule has 0 bridgehead atoms. The fourth-order valence-corrected chi connectivity index (χ4v) is 3.51. The number of carboxylic acids is 1. The molecule has 0 amide bonds. The Kier molecular flexibility index (Phi) is 1.25. The largest absolute Gasteiger partial charge is 0.481 e. The van der Waals surface area contributed by atoms with Crippen molar-refractivity contribution in [2.24, 2.45) is 22.7 Å². The highest BCUT2D eigenvalue weighted by Gasteiger charge is 2.78. The zero-order chi connectivity index (χ0) is 9.15. The first-order valence-electron chi connectivity index (χ1n) is 4.67. The molecule has 2 aliphatic carbocycles. The lowest BCUT2D eigenvalue weighted by Crippen LogP contribution is -2.14. The first-order valence-corrected chi connectivity index (χ1v) is 4.67. The SMILES string of the molecule is C[C@@H]1CC[C@]2(C)[C@H](C(=O)O)[C@@]12C. The van der Waals surface area contributed by atoms with Crippen LogP contribution in [0.4, 0.5) is 0 Å². The fourth-order valence-electron chi connectivity index (χ4n) is 3.51. The van der Waals surface area contributed by atoms with Gasteiger partial charge in [-0.2, -0.15) is 0 Å². The van der Waals surface area contributed by atoms with Crippen molar-refractivity contribution in [3.8, 4) is 0 Å². The number of hydrogen-bond acceptors (Lipinski definition) is 1. The Morgan fingerprint density at radius 1 is 1.50 bits per heavy atom. The van der Waals surface area contributed by atoms with Crippen LogP contribution < -0.4 is 0 Å². The van der Waals surface area contributed by atoms with Crippen molar-refractivity contribution in [3.05, 3.63) is 0 Å². The molecule has 2 nitrogen and oxygen atoms in total. The predicted octanol–water partition coefficient (Wildman–Crippen LogP) is 2.14. The van der Waals surface area contributed by atoms with E-state index < -0.39 is 5.97 Å². The topological polar surface area (TPSA) is 37.3 Å². The first-order chi connectivity index (χ1) is 5.44. The summed E-state index contributed by atoms with van der Waals surface area (Å²) in [4.78, 5) is 10.9. The number of hydrogen-bond donors (Lipinski definition) is 1. The van der Waals surface area contributed by atoms with Crippen LogP contribution in [0.5, 0.6) is 0 Å². The van der Waals surface area contributed by atoms with Crippen LogP contribution in [0.1, 0.15) is 33.6 Å². The van der Waals surface area contributed by atoms with Crippen molar-refractivity contribution in [1.29, 1.82) is 0 Å². The molecule has 0 radical (unpaired) electrons. The van der Waals surface area contributed by atoms with Gasteiger partial charge in [0.15, 0.2) is 0 Å². The van der Waals surface area contributed by atoms with Gasteiger partial charge in [-0.3, -0.25) is 4.79 Å². The Bertz CT molecular complexity index is 248. The molecule has 2 fully saturated rings. The minimum absolute atomic E-state index is 0.0752. The average Bonchev–Trinajstić information content (AvgIpc) is 2.37. The molecule has 2 saturated carbocycles. The third-order valence-electron chi connectivity index (χ3n) is 4.75. The van der Waals surface area contributed by atoms with E-state index in [1.165, 1.54) is 6.42 Å². The van der Waals surface area contributed by atoms with Crippen molar-refractivity contribution in [2.75, 3.05) is 0 Å². The molecule has 12 heavy (non-hydrogen) atoms. The summed E-state index contributed by atoms with van der Waals surface area (Å²) in [5.41, 5.74) is 0.205. The number of aliphatic carboxylic acids is 1. The van der Waals surface area contributed by atoms with E-state index in [4.69, 9.17) is 5.11 Å². The predicted molar refractivity (Wildman–Crippen MR) is 45.7 cm³/mol. The summed E-state index contributed by atoms with van der Waals surface area (Å²) in [6, 6.07) is 0. The first kappa shape index (κ1) is 8.09. The van der Waals surface area contributed by atoms with E-state index in [0.29, 0.717) is 5.92 Å². The summed E-state index contributed by atoms with van der Waals surface area (Å²) >= 11 is 0. The van der Waals surface area contributed by atoms with Crippen LogP contribution in [-0.2, 0) is 4.79 Å². The molecule has 0 unspecified atom stereocenters. The zero-order valence-electron chi connectivity index (χ0n) is 7.92. The van der Waals surface area contributed by atoms with Crippen LogP contribution in [0.25, 0.3) is 0 Å². The minimum Gasteiger partial charge on any atom is -0.481 e. The average molecular weight is 168 g/mol. The lowest BCUT2D eigenvalue weighted by Gasteiger charge is -2.14. The van der Waals surface area contributed by atoms with Crippen LogP contribution in [0.2, 0.25) is 0 Å². The van der Waals surface area contributed by atoms with Gasteiger partial charge in [0, 0.05) is 0 Å². The maximum absolute atomic E-state index is 10.9. The molecule has 0 aromatic rings. The van der Waals surface area contributed by atoms with Gasteiger partial charge in [-0.25, -0.2) is 0 Å². The van der Waals surface area contributed by atoms with Gasteiger partial charge >= 0.3 is 5.97 Å². The van der Waals surface area contributed by atoms with Crippen LogP contribution in [0.3, 0.4) is 0 Å². The number of rotatable bonds is 1. The van der Waals surface area contributed by atoms with E-state index in [1.54, 1.807) is 0 Å². The number of carboxylic acid groups (broad SMARTS) is 1. The standard InChI is InChI=1S/C10H16O2/c1-6-4-5-9(2)7(8(11)12)10(6,9)3/h6-7H,4-5H2,1-3H3,(H,11,12)/t6-,7+,9-,10-/m1/s1. The van der Waals surface area contributed by atoms with Gasteiger partial charge < -0.3 is 5.11 Å². The zero-order valence-corrected chi connectivity index (χ0v) is 7.92. The van der Waals surface area contributed by atoms with Gasteiger partial charge in [-0.1, -0.05) is 20.8 Å². The minimum atomic E-state index is -0.591. The van der Waals surface area contributed by atoms with E-state index in [2.05, 4.69) is 20.8 Å². The summed E-state index contributed by atoms with van der Waals surface area (Å²) in [5.74, 6) is -0.0797. The van der Waals surface area contributed by atoms with Crippen LogP contribution >= 0.6 is 0 Å². The number of carbonyl (C=O) groups is 1. The highest BCUT2D eigenvalue weighted by atomic mass is 16.4. The molecule has 4 atom stereocenters.